The number of aromatic nitrogens is 1. The van der Waals surface area contributed by atoms with Crippen LogP contribution in [0, 0.1) is 5.82 Å². The van der Waals surface area contributed by atoms with E-state index in [1.165, 1.54) is 45.4 Å². The molecule has 1 aliphatic rings. The monoisotopic (exact) mass is 485 g/mol. The van der Waals surface area contributed by atoms with Crippen molar-refractivity contribution in [3.8, 4) is 0 Å². The van der Waals surface area contributed by atoms with Crippen LogP contribution in [0.15, 0.2) is 46.5 Å². The largest absolute Gasteiger partial charge is 0.341 e. The first-order chi connectivity index (χ1) is 14.8. The number of carbonyl (C=O) groups is 1. The number of hydrogen-bond acceptors (Lipinski definition) is 5. The summed E-state index contributed by atoms with van der Waals surface area (Å²) in [6, 6.07) is 7.54. The van der Waals surface area contributed by atoms with Gasteiger partial charge in [-0.25, -0.2) is 17.8 Å². The van der Waals surface area contributed by atoms with Gasteiger partial charge in [-0.3, -0.25) is 4.79 Å². The molecule has 2 heterocycles. The van der Waals surface area contributed by atoms with Crippen molar-refractivity contribution in [2.75, 3.05) is 25.9 Å². The van der Waals surface area contributed by atoms with Gasteiger partial charge in [0, 0.05) is 43.5 Å². The van der Waals surface area contributed by atoms with E-state index in [0.29, 0.717) is 18.1 Å². The van der Waals surface area contributed by atoms with Crippen LogP contribution in [0.25, 0.3) is 0 Å². The lowest BCUT2D eigenvalue weighted by atomic mass is 10.2. The van der Waals surface area contributed by atoms with Crippen molar-refractivity contribution in [1.29, 1.82) is 0 Å². The minimum atomic E-state index is -3.55. The Bertz CT molecular complexity index is 991. The summed E-state index contributed by atoms with van der Waals surface area (Å²) in [4.78, 5) is 18.2. The van der Waals surface area contributed by atoms with Crippen LogP contribution < -0.4 is 0 Å². The summed E-state index contributed by atoms with van der Waals surface area (Å²) in [5.74, 6) is -0.580. The molecule has 0 N–H and O–H groups in total. The summed E-state index contributed by atoms with van der Waals surface area (Å²) in [5.41, 5.74) is 0.270. The number of benzene rings is 1. The number of halogens is 2. The van der Waals surface area contributed by atoms with Crippen molar-refractivity contribution in [3.63, 3.8) is 0 Å². The summed E-state index contributed by atoms with van der Waals surface area (Å²) in [6.45, 7) is 1.13. The zero-order valence-electron chi connectivity index (χ0n) is 17.3. The van der Waals surface area contributed by atoms with Gasteiger partial charge in [0.25, 0.3) is 0 Å². The molecular weight excluding hydrogens is 461 g/mol. The van der Waals surface area contributed by atoms with Crippen LogP contribution in [0.4, 0.5) is 4.39 Å². The fraction of sp³-hybridized carbons (Fsp3) is 0.429. The molecule has 31 heavy (non-hydrogen) atoms. The predicted molar refractivity (Wildman–Crippen MR) is 120 cm³/mol. The van der Waals surface area contributed by atoms with Gasteiger partial charge < -0.3 is 4.90 Å². The molecule has 1 aliphatic heterocycles. The van der Waals surface area contributed by atoms with E-state index < -0.39 is 15.8 Å². The fourth-order valence-electron chi connectivity index (χ4n) is 3.29. The maximum Gasteiger partial charge on any atom is 0.244 e. The topological polar surface area (TPSA) is 70.6 Å². The highest BCUT2D eigenvalue weighted by atomic mass is 35.5. The highest BCUT2D eigenvalue weighted by Gasteiger charge is 2.25. The van der Waals surface area contributed by atoms with E-state index in [1.807, 2.05) is 0 Å². The van der Waals surface area contributed by atoms with E-state index in [9.17, 15) is 17.6 Å². The number of rotatable bonds is 7. The molecule has 0 aliphatic carbocycles. The SMILES string of the molecule is CN(Cc1c(F)cccc1Cl)C(=O)CSc1ccc(S(=O)(=O)N2CCCCCC2)cn1. The van der Waals surface area contributed by atoms with Gasteiger partial charge in [0.15, 0.2) is 0 Å². The van der Waals surface area contributed by atoms with Crippen LogP contribution >= 0.6 is 23.4 Å². The van der Waals surface area contributed by atoms with Crippen LogP contribution in [0.1, 0.15) is 31.2 Å². The van der Waals surface area contributed by atoms with Gasteiger partial charge in [0.05, 0.1) is 10.8 Å². The Kier molecular flexibility index (Phi) is 8.32. The standard InChI is InChI=1S/C21H25ClFN3O3S2/c1-25(14-17-18(22)7-6-8-19(17)23)21(27)15-30-20-10-9-16(13-24-20)31(28,29)26-11-4-2-3-5-12-26/h6-10,13H,2-5,11-12,14-15H2,1H3. The van der Waals surface area contributed by atoms with Gasteiger partial charge in [0.1, 0.15) is 10.7 Å². The fourth-order valence-corrected chi connectivity index (χ4v) is 5.76. The van der Waals surface area contributed by atoms with Gasteiger partial charge >= 0.3 is 0 Å². The van der Waals surface area contributed by atoms with Gasteiger partial charge in [-0.05, 0) is 37.1 Å². The summed E-state index contributed by atoms with van der Waals surface area (Å²) >= 11 is 7.22. The smallest absolute Gasteiger partial charge is 0.244 e. The average molecular weight is 486 g/mol. The predicted octanol–water partition coefficient (Wildman–Crippen LogP) is 4.19. The number of pyridine rings is 1. The Balaban J connectivity index is 1.58. The quantitative estimate of drug-likeness (QED) is 0.550. The van der Waals surface area contributed by atoms with Crippen molar-refractivity contribution >= 4 is 39.3 Å². The second-order valence-corrected chi connectivity index (χ2v) is 10.7. The molecule has 0 bridgehead atoms. The highest BCUT2D eigenvalue weighted by molar-refractivity contribution is 7.99. The number of thioether (sulfide) groups is 1. The molecule has 0 radical (unpaired) electrons. The summed E-state index contributed by atoms with van der Waals surface area (Å²) in [5, 5.41) is 0.815. The maximum atomic E-state index is 13.9. The second-order valence-electron chi connectivity index (χ2n) is 7.39. The van der Waals surface area contributed by atoms with Crippen LogP contribution in [-0.2, 0) is 21.4 Å². The van der Waals surface area contributed by atoms with E-state index in [-0.39, 0.29) is 33.7 Å². The molecule has 1 aromatic heterocycles. The Morgan fingerprint density at radius 2 is 1.90 bits per heavy atom. The molecular formula is C21H25ClFN3O3S2. The van der Waals surface area contributed by atoms with E-state index in [2.05, 4.69) is 4.98 Å². The third kappa shape index (κ3) is 6.19. The molecule has 6 nitrogen and oxygen atoms in total. The van der Waals surface area contributed by atoms with Crippen molar-refractivity contribution < 1.29 is 17.6 Å². The van der Waals surface area contributed by atoms with Gasteiger partial charge in [-0.2, -0.15) is 4.31 Å². The van der Waals surface area contributed by atoms with Crippen molar-refractivity contribution in [1.82, 2.24) is 14.2 Å². The normalized spacial score (nSPS) is 15.5. The summed E-state index contributed by atoms with van der Waals surface area (Å²) < 4.78 is 41.1. The first kappa shape index (κ1) is 24.0. The molecule has 168 valence electrons. The van der Waals surface area contributed by atoms with Crippen molar-refractivity contribution in [2.24, 2.45) is 0 Å². The number of sulfonamides is 1. The average Bonchev–Trinajstić information content (AvgIpc) is 3.05. The maximum absolute atomic E-state index is 13.9. The minimum absolute atomic E-state index is 0.0609. The molecule has 1 aromatic carbocycles. The van der Waals surface area contributed by atoms with Crippen molar-refractivity contribution in [2.45, 2.75) is 42.1 Å². The Labute approximate surface area is 191 Å². The van der Waals surface area contributed by atoms with Crippen LogP contribution in [0.3, 0.4) is 0 Å². The Hall–Kier alpha value is -1.68. The second kappa shape index (κ2) is 10.8. The first-order valence-corrected chi connectivity index (χ1v) is 12.9. The molecule has 3 rings (SSSR count). The molecule has 0 saturated carbocycles. The molecule has 1 amide bonds. The lowest BCUT2D eigenvalue weighted by molar-refractivity contribution is -0.127. The molecule has 0 spiro atoms. The van der Waals surface area contributed by atoms with E-state index in [1.54, 1.807) is 19.2 Å². The molecule has 0 atom stereocenters. The van der Waals surface area contributed by atoms with E-state index in [0.717, 1.165) is 25.7 Å². The van der Waals surface area contributed by atoms with Crippen LogP contribution in [0.2, 0.25) is 5.02 Å². The van der Waals surface area contributed by atoms with E-state index >= 15 is 0 Å². The minimum Gasteiger partial charge on any atom is -0.341 e. The molecule has 10 heteroatoms. The van der Waals surface area contributed by atoms with Gasteiger partial charge in [0.2, 0.25) is 15.9 Å². The molecule has 1 saturated heterocycles. The summed E-state index contributed by atoms with van der Waals surface area (Å²) in [7, 11) is -1.97. The highest BCUT2D eigenvalue weighted by Crippen LogP contribution is 2.24. The molecule has 0 unspecified atom stereocenters. The third-order valence-electron chi connectivity index (χ3n) is 5.14. The lowest BCUT2D eigenvalue weighted by Crippen LogP contribution is -2.32. The number of hydrogen-bond donors (Lipinski definition) is 0. The van der Waals surface area contributed by atoms with Crippen molar-refractivity contribution in [3.05, 3.63) is 52.9 Å². The molecule has 1 fully saturated rings. The zero-order valence-corrected chi connectivity index (χ0v) is 19.6. The molecule has 2 aromatic rings. The lowest BCUT2D eigenvalue weighted by Gasteiger charge is -2.20. The summed E-state index contributed by atoms with van der Waals surface area (Å²) in [6.07, 6.45) is 5.18. The number of amides is 1. The Morgan fingerprint density at radius 1 is 1.19 bits per heavy atom. The van der Waals surface area contributed by atoms with Crippen LogP contribution in [-0.4, -0.2) is 54.4 Å². The van der Waals surface area contributed by atoms with Crippen LogP contribution in [0.5, 0.6) is 0 Å². The Morgan fingerprint density at radius 3 is 2.52 bits per heavy atom. The third-order valence-corrected chi connectivity index (χ3v) is 8.30. The number of carbonyl (C=O) groups excluding carboxylic acids is 1. The van der Waals surface area contributed by atoms with Gasteiger partial charge in [-0.15, -0.1) is 0 Å². The van der Waals surface area contributed by atoms with Gasteiger partial charge in [-0.1, -0.05) is 42.3 Å². The van der Waals surface area contributed by atoms with E-state index in [4.69, 9.17) is 11.6 Å². The first-order valence-electron chi connectivity index (χ1n) is 10.0. The number of nitrogens with zero attached hydrogens (tertiary/aromatic N) is 3. The zero-order chi connectivity index (χ0) is 22.4.